The first-order valence-electron chi connectivity index (χ1n) is 4.82. The number of H-pyrrole nitrogens is 1. The highest BCUT2D eigenvalue weighted by molar-refractivity contribution is 5.24. The van der Waals surface area contributed by atoms with Gasteiger partial charge in [0.25, 0.3) is 0 Å². The first-order chi connectivity index (χ1) is 6.75. The maximum atomic E-state index is 4.45. The van der Waals surface area contributed by atoms with Gasteiger partial charge in [0.05, 0.1) is 5.69 Å². The van der Waals surface area contributed by atoms with E-state index in [4.69, 9.17) is 0 Å². The van der Waals surface area contributed by atoms with E-state index in [1.165, 1.54) is 11.3 Å². The lowest BCUT2D eigenvalue weighted by molar-refractivity contribution is 1.06. The highest BCUT2D eigenvalue weighted by atomic mass is 14.9. The van der Waals surface area contributed by atoms with Gasteiger partial charge in [0.15, 0.2) is 0 Å². The Morgan fingerprint density at radius 1 is 1.14 bits per heavy atom. The van der Waals surface area contributed by atoms with Crippen molar-refractivity contribution in [2.75, 3.05) is 0 Å². The Morgan fingerprint density at radius 3 is 2.43 bits per heavy atom. The van der Waals surface area contributed by atoms with Gasteiger partial charge in [-0.15, -0.1) is 0 Å². The molecule has 0 bridgehead atoms. The van der Waals surface area contributed by atoms with Crippen molar-refractivity contribution in [2.24, 2.45) is 0 Å². The van der Waals surface area contributed by atoms with E-state index in [0.717, 1.165) is 17.9 Å². The van der Waals surface area contributed by atoms with E-state index in [2.05, 4.69) is 41.2 Å². The van der Waals surface area contributed by atoms with Gasteiger partial charge in [0, 0.05) is 12.1 Å². The Balaban J connectivity index is 2.23. The first kappa shape index (κ1) is 9.00. The predicted molar refractivity (Wildman–Crippen MR) is 57.3 cm³/mol. The molecule has 0 aliphatic carbocycles. The summed E-state index contributed by atoms with van der Waals surface area (Å²) in [5.41, 5.74) is 3.63. The Morgan fingerprint density at radius 2 is 1.86 bits per heavy atom. The number of nitrogens with one attached hydrogen (secondary N) is 1. The Labute approximate surface area is 84.0 Å². The molecule has 2 rings (SSSR count). The number of imidazole rings is 1. The van der Waals surface area contributed by atoms with Crippen LogP contribution in [0.5, 0.6) is 0 Å². The second kappa shape index (κ2) is 3.66. The zero-order valence-corrected chi connectivity index (χ0v) is 8.54. The molecule has 1 aromatic heterocycles. The maximum absolute atomic E-state index is 4.45. The first-order valence-corrected chi connectivity index (χ1v) is 4.82. The summed E-state index contributed by atoms with van der Waals surface area (Å²) in [5.74, 6) is 0.994. The molecule has 1 aromatic carbocycles. The molecule has 0 saturated carbocycles. The summed E-state index contributed by atoms with van der Waals surface area (Å²) in [6, 6.07) is 10.4. The van der Waals surface area contributed by atoms with Crippen LogP contribution < -0.4 is 0 Å². The highest BCUT2D eigenvalue weighted by Gasteiger charge is 2.03. The number of aromatic nitrogens is 2. The quantitative estimate of drug-likeness (QED) is 0.767. The van der Waals surface area contributed by atoms with Crippen molar-refractivity contribution < 1.29 is 0 Å². The van der Waals surface area contributed by atoms with Crippen LogP contribution in [0.2, 0.25) is 0 Å². The van der Waals surface area contributed by atoms with Crippen LogP contribution in [0.4, 0.5) is 0 Å². The fourth-order valence-electron chi connectivity index (χ4n) is 1.62. The third kappa shape index (κ3) is 1.84. The van der Waals surface area contributed by atoms with Crippen molar-refractivity contribution in [1.82, 2.24) is 9.97 Å². The topological polar surface area (TPSA) is 28.7 Å². The molecular weight excluding hydrogens is 172 g/mol. The average Bonchev–Trinajstić information content (AvgIpc) is 2.47. The minimum atomic E-state index is 0.914. The van der Waals surface area contributed by atoms with Gasteiger partial charge in [-0.25, -0.2) is 4.98 Å². The van der Waals surface area contributed by atoms with E-state index in [1.54, 1.807) is 0 Å². The molecule has 14 heavy (non-hydrogen) atoms. The van der Waals surface area contributed by atoms with Crippen molar-refractivity contribution >= 4 is 0 Å². The second-order valence-corrected chi connectivity index (χ2v) is 3.56. The molecular formula is C12H14N2. The summed E-state index contributed by atoms with van der Waals surface area (Å²) in [4.78, 5) is 7.67. The molecule has 1 heterocycles. The fraction of sp³-hybridized carbons (Fsp3) is 0.250. The lowest BCUT2D eigenvalue weighted by Crippen LogP contribution is -1.90. The van der Waals surface area contributed by atoms with Crippen molar-refractivity contribution in [1.29, 1.82) is 0 Å². The Bertz CT molecular complexity index is 415. The molecule has 0 atom stereocenters. The van der Waals surface area contributed by atoms with Crippen LogP contribution in [0.15, 0.2) is 30.3 Å². The van der Waals surface area contributed by atoms with Crippen molar-refractivity contribution in [2.45, 2.75) is 20.3 Å². The molecule has 0 fully saturated rings. The van der Waals surface area contributed by atoms with Gasteiger partial charge in [-0.05, 0) is 19.4 Å². The highest BCUT2D eigenvalue weighted by Crippen LogP contribution is 2.10. The van der Waals surface area contributed by atoms with E-state index in [9.17, 15) is 0 Å². The van der Waals surface area contributed by atoms with Crippen molar-refractivity contribution in [3.8, 4) is 0 Å². The predicted octanol–water partition coefficient (Wildman–Crippen LogP) is 2.62. The minimum Gasteiger partial charge on any atom is -0.346 e. The molecule has 0 amide bonds. The standard InChI is InChI=1S/C12H14N2/c1-9-12(14-10(2)13-9)8-11-6-4-3-5-7-11/h3-7H,8H2,1-2H3,(H,13,14). The lowest BCUT2D eigenvalue weighted by atomic mass is 10.1. The van der Waals surface area contributed by atoms with E-state index in [1.807, 2.05) is 13.0 Å². The van der Waals surface area contributed by atoms with Gasteiger partial charge in [-0.3, -0.25) is 0 Å². The van der Waals surface area contributed by atoms with Crippen LogP contribution >= 0.6 is 0 Å². The average molecular weight is 186 g/mol. The number of rotatable bonds is 2. The summed E-state index contributed by atoms with van der Waals surface area (Å²) in [5, 5.41) is 0. The zero-order chi connectivity index (χ0) is 9.97. The third-order valence-corrected chi connectivity index (χ3v) is 2.32. The molecule has 2 heteroatoms. The van der Waals surface area contributed by atoms with Crippen LogP contribution in [0, 0.1) is 13.8 Å². The number of benzene rings is 1. The van der Waals surface area contributed by atoms with Crippen LogP contribution in [0.3, 0.4) is 0 Å². The maximum Gasteiger partial charge on any atom is 0.103 e. The molecule has 0 aliphatic rings. The van der Waals surface area contributed by atoms with Gasteiger partial charge >= 0.3 is 0 Å². The van der Waals surface area contributed by atoms with Crippen molar-refractivity contribution in [3.05, 3.63) is 53.1 Å². The van der Waals surface area contributed by atoms with E-state index in [0.29, 0.717) is 0 Å². The largest absolute Gasteiger partial charge is 0.346 e. The smallest absolute Gasteiger partial charge is 0.103 e. The monoisotopic (exact) mass is 186 g/mol. The Kier molecular flexibility index (Phi) is 2.35. The summed E-state index contributed by atoms with van der Waals surface area (Å²) >= 11 is 0. The molecule has 0 aliphatic heterocycles. The van der Waals surface area contributed by atoms with Crippen LogP contribution in [0.1, 0.15) is 22.8 Å². The fourth-order valence-corrected chi connectivity index (χ4v) is 1.62. The van der Waals surface area contributed by atoms with Gasteiger partial charge in [-0.1, -0.05) is 30.3 Å². The number of hydrogen-bond acceptors (Lipinski definition) is 1. The van der Waals surface area contributed by atoms with Crippen LogP contribution in [-0.4, -0.2) is 9.97 Å². The van der Waals surface area contributed by atoms with Gasteiger partial charge < -0.3 is 4.98 Å². The molecule has 0 unspecified atom stereocenters. The molecule has 0 radical (unpaired) electrons. The lowest BCUT2D eigenvalue weighted by Gasteiger charge is -1.98. The third-order valence-electron chi connectivity index (χ3n) is 2.32. The number of hydrogen-bond donors (Lipinski definition) is 1. The SMILES string of the molecule is Cc1nc(Cc2ccccc2)c(C)[nH]1. The molecule has 1 N–H and O–H groups in total. The van der Waals surface area contributed by atoms with E-state index in [-0.39, 0.29) is 0 Å². The number of nitrogens with zero attached hydrogens (tertiary/aromatic N) is 1. The zero-order valence-electron chi connectivity index (χ0n) is 8.54. The number of aryl methyl sites for hydroxylation is 2. The van der Waals surface area contributed by atoms with Gasteiger partial charge in [0.2, 0.25) is 0 Å². The molecule has 0 saturated heterocycles. The van der Waals surface area contributed by atoms with Gasteiger partial charge in [-0.2, -0.15) is 0 Å². The number of aromatic amines is 1. The molecule has 2 nitrogen and oxygen atoms in total. The van der Waals surface area contributed by atoms with Crippen LogP contribution in [-0.2, 0) is 6.42 Å². The minimum absolute atomic E-state index is 0.914. The molecule has 2 aromatic rings. The summed E-state index contributed by atoms with van der Waals surface area (Å²) in [6.07, 6.45) is 0.914. The summed E-state index contributed by atoms with van der Waals surface area (Å²) in [7, 11) is 0. The van der Waals surface area contributed by atoms with E-state index >= 15 is 0 Å². The molecule has 0 spiro atoms. The second-order valence-electron chi connectivity index (χ2n) is 3.56. The normalized spacial score (nSPS) is 10.4. The molecule has 72 valence electrons. The summed E-state index contributed by atoms with van der Waals surface area (Å²) < 4.78 is 0. The van der Waals surface area contributed by atoms with E-state index < -0.39 is 0 Å². The van der Waals surface area contributed by atoms with Crippen molar-refractivity contribution in [3.63, 3.8) is 0 Å². The van der Waals surface area contributed by atoms with Crippen LogP contribution in [0.25, 0.3) is 0 Å². The summed E-state index contributed by atoms with van der Waals surface area (Å²) in [6.45, 7) is 4.06. The van der Waals surface area contributed by atoms with Gasteiger partial charge in [0.1, 0.15) is 5.82 Å². The Hall–Kier alpha value is -1.57.